The molecule has 0 fully saturated rings. The van der Waals surface area contributed by atoms with Crippen molar-refractivity contribution in [2.24, 2.45) is 0 Å². The number of thiazole rings is 1. The molecule has 2 aromatic heterocycles. The molecule has 4 nitrogen and oxygen atoms in total. The summed E-state index contributed by atoms with van der Waals surface area (Å²) in [6.45, 7) is 3.61. The fourth-order valence-corrected chi connectivity index (χ4v) is 3.62. The van der Waals surface area contributed by atoms with Gasteiger partial charge in [-0.05, 0) is 45.5 Å². The smallest absolute Gasteiger partial charge is 0.220 e. The normalized spacial score (nSPS) is 10.3. The lowest BCUT2D eigenvalue weighted by Gasteiger charge is -2.03. The number of carbonyl (C=O) groups is 1. The van der Waals surface area contributed by atoms with Crippen LogP contribution in [0.2, 0.25) is 0 Å². The van der Waals surface area contributed by atoms with Crippen molar-refractivity contribution in [3.05, 3.63) is 27.4 Å². The zero-order valence-electron chi connectivity index (χ0n) is 12.8. The van der Waals surface area contributed by atoms with Gasteiger partial charge in [-0.3, -0.25) is 4.79 Å². The summed E-state index contributed by atoms with van der Waals surface area (Å²) in [5.41, 5.74) is 1.06. The van der Waals surface area contributed by atoms with Crippen LogP contribution in [0.1, 0.15) is 22.7 Å². The summed E-state index contributed by atoms with van der Waals surface area (Å²) in [5.74, 6) is 0.136. The van der Waals surface area contributed by atoms with E-state index in [4.69, 9.17) is 0 Å². The topological polar surface area (TPSA) is 54.0 Å². The Hall–Kier alpha value is -0.950. The number of nitrogens with one attached hydrogen (secondary N) is 2. The van der Waals surface area contributed by atoms with Crippen molar-refractivity contribution >= 4 is 41.0 Å². The number of nitrogens with zero attached hydrogens (tertiary/aromatic N) is 1. The monoisotopic (exact) mass is 359 g/mol. The first-order valence-corrected chi connectivity index (χ1v) is 8.81. The predicted molar refractivity (Wildman–Crippen MR) is 97.3 cm³/mol. The first-order chi connectivity index (χ1) is 10.2. The van der Waals surface area contributed by atoms with Crippen LogP contribution >= 0.6 is 35.1 Å². The van der Waals surface area contributed by atoms with E-state index in [0.717, 1.165) is 30.1 Å². The Morgan fingerprint density at radius 1 is 1.32 bits per heavy atom. The molecule has 0 spiro atoms. The van der Waals surface area contributed by atoms with E-state index < -0.39 is 0 Å². The highest BCUT2D eigenvalue weighted by atomic mass is 35.5. The predicted octanol–water partition coefficient (Wildman–Crippen LogP) is 3.26. The SMILES string of the molecule is CNCCCC(=O)NCCc1ccc(-c2csc(C)n2)s1.Cl. The van der Waals surface area contributed by atoms with Crippen molar-refractivity contribution in [3.63, 3.8) is 0 Å². The van der Waals surface area contributed by atoms with Crippen LogP contribution in [-0.2, 0) is 11.2 Å². The van der Waals surface area contributed by atoms with Crippen LogP contribution in [0.25, 0.3) is 10.6 Å². The van der Waals surface area contributed by atoms with Gasteiger partial charge in [-0.1, -0.05) is 0 Å². The standard InChI is InChI=1S/C15H21N3OS2.ClH/c1-11-18-13(10-20-11)14-6-5-12(21-14)7-9-17-15(19)4-3-8-16-2;/h5-6,10,16H,3-4,7-9H2,1-2H3,(H,17,19);1H. The molecule has 122 valence electrons. The van der Waals surface area contributed by atoms with Crippen LogP contribution in [0.15, 0.2) is 17.5 Å². The van der Waals surface area contributed by atoms with Gasteiger partial charge in [-0.25, -0.2) is 4.98 Å². The molecule has 0 atom stereocenters. The molecular formula is C15H22ClN3OS2. The maximum atomic E-state index is 11.6. The molecule has 0 radical (unpaired) electrons. The van der Waals surface area contributed by atoms with Crippen molar-refractivity contribution in [1.29, 1.82) is 0 Å². The van der Waals surface area contributed by atoms with E-state index in [-0.39, 0.29) is 18.3 Å². The van der Waals surface area contributed by atoms with Crippen LogP contribution in [0.5, 0.6) is 0 Å². The number of carbonyl (C=O) groups excluding carboxylic acids is 1. The average molecular weight is 360 g/mol. The van der Waals surface area contributed by atoms with E-state index in [1.54, 1.807) is 22.7 Å². The summed E-state index contributed by atoms with van der Waals surface area (Å²) in [6.07, 6.45) is 2.36. The minimum atomic E-state index is 0. The highest BCUT2D eigenvalue weighted by Crippen LogP contribution is 2.29. The lowest BCUT2D eigenvalue weighted by molar-refractivity contribution is -0.121. The van der Waals surface area contributed by atoms with E-state index in [0.29, 0.717) is 13.0 Å². The van der Waals surface area contributed by atoms with E-state index >= 15 is 0 Å². The highest BCUT2D eigenvalue weighted by Gasteiger charge is 2.06. The Labute approximate surface area is 145 Å². The summed E-state index contributed by atoms with van der Waals surface area (Å²) in [6, 6.07) is 4.24. The molecule has 0 aliphatic carbocycles. The second kappa shape index (κ2) is 9.94. The number of aryl methyl sites for hydroxylation is 1. The van der Waals surface area contributed by atoms with Crippen molar-refractivity contribution in [2.75, 3.05) is 20.1 Å². The summed E-state index contributed by atoms with van der Waals surface area (Å²) in [5, 5.41) is 9.19. The van der Waals surface area contributed by atoms with Gasteiger partial charge in [0.25, 0.3) is 0 Å². The lowest BCUT2D eigenvalue weighted by Crippen LogP contribution is -2.26. The van der Waals surface area contributed by atoms with Gasteiger partial charge in [0.05, 0.1) is 15.6 Å². The third-order valence-electron chi connectivity index (χ3n) is 3.06. The van der Waals surface area contributed by atoms with Crippen LogP contribution in [0.4, 0.5) is 0 Å². The average Bonchev–Trinajstić information content (AvgIpc) is 3.08. The third-order valence-corrected chi connectivity index (χ3v) is 5.00. The van der Waals surface area contributed by atoms with E-state index in [9.17, 15) is 4.79 Å². The minimum absolute atomic E-state index is 0. The fraction of sp³-hybridized carbons (Fsp3) is 0.467. The quantitative estimate of drug-likeness (QED) is 0.711. The Morgan fingerprint density at radius 2 is 2.14 bits per heavy atom. The van der Waals surface area contributed by atoms with Gasteiger partial charge in [-0.15, -0.1) is 35.1 Å². The number of hydrogen-bond acceptors (Lipinski definition) is 5. The Morgan fingerprint density at radius 3 is 2.82 bits per heavy atom. The summed E-state index contributed by atoms with van der Waals surface area (Å²) < 4.78 is 0. The molecule has 7 heteroatoms. The number of halogens is 1. The van der Waals surface area contributed by atoms with E-state index in [1.807, 2.05) is 14.0 Å². The molecule has 0 saturated carbocycles. The second-order valence-corrected chi connectivity index (χ2v) is 7.06. The van der Waals surface area contributed by atoms with Crippen LogP contribution in [0, 0.1) is 6.92 Å². The summed E-state index contributed by atoms with van der Waals surface area (Å²) in [4.78, 5) is 18.6. The van der Waals surface area contributed by atoms with Crippen molar-refractivity contribution in [1.82, 2.24) is 15.6 Å². The van der Waals surface area contributed by atoms with Gasteiger partial charge in [0, 0.05) is 23.2 Å². The molecule has 1 amide bonds. The first-order valence-electron chi connectivity index (χ1n) is 7.11. The first kappa shape index (κ1) is 19.1. The van der Waals surface area contributed by atoms with Gasteiger partial charge < -0.3 is 10.6 Å². The zero-order valence-corrected chi connectivity index (χ0v) is 15.3. The number of hydrogen-bond donors (Lipinski definition) is 2. The molecule has 2 rings (SSSR count). The number of thiophene rings is 1. The van der Waals surface area contributed by atoms with Crippen LogP contribution in [0.3, 0.4) is 0 Å². The fourth-order valence-electron chi connectivity index (χ4n) is 1.97. The van der Waals surface area contributed by atoms with Gasteiger partial charge in [0.1, 0.15) is 0 Å². The lowest BCUT2D eigenvalue weighted by atomic mass is 10.3. The molecule has 2 aromatic rings. The molecule has 2 heterocycles. The van der Waals surface area contributed by atoms with Crippen molar-refractivity contribution in [2.45, 2.75) is 26.2 Å². The molecule has 0 unspecified atom stereocenters. The highest BCUT2D eigenvalue weighted by molar-refractivity contribution is 7.16. The maximum Gasteiger partial charge on any atom is 0.220 e. The molecule has 0 aromatic carbocycles. The third kappa shape index (κ3) is 6.04. The van der Waals surface area contributed by atoms with Gasteiger partial charge in [0.2, 0.25) is 5.91 Å². The maximum absolute atomic E-state index is 11.6. The van der Waals surface area contributed by atoms with Crippen molar-refractivity contribution < 1.29 is 4.79 Å². The number of rotatable bonds is 8. The van der Waals surface area contributed by atoms with Crippen molar-refractivity contribution in [3.8, 4) is 10.6 Å². The van der Waals surface area contributed by atoms with Crippen LogP contribution < -0.4 is 10.6 Å². The molecule has 0 aliphatic heterocycles. The van der Waals surface area contributed by atoms with Crippen LogP contribution in [-0.4, -0.2) is 31.0 Å². The minimum Gasteiger partial charge on any atom is -0.356 e. The van der Waals surface area contributed by atoms with Gasteiger partial charge in [-0.2, -0.15) is 0 Å². The van der Waals surface area contributed by atoms with E-state index in [1.165, 1.54) is 9.75 Å². The van der Waals surface area contributed by atoms with Gasteiger partial charge >= 0.3 is 0 Å². The van der Waals surface area contributed by atoms with E-state index in [2.05, 4.69) is 33.1 Å². The molecule has 22 heavy (non-hydrogen) atoms. The Kier molecular flexibility index (Phi) is 8.63. The largest absolute Gasteiger partial charge is 0.356 e. The molecular weight excluding hydrogens is 338 g/mol. The van der Waals surface area contributed by atoms with Gasteiger partial charge in [0.15, 0.2) is 0 Å². The number of aromatic nitrogens is 1. The summed E-state index contributed by atoms with van der Waals surface area (Å²) in [7, 11) is 1.90. The molecule has 0 saturated heterocycles. The summed E-state index contributed by atoms with van der Waals surface area (Å²) >= 11 is 3.43. The molecule has 0 bridgehead atoms. The zero-order chi connectivity index (χ0) is 15.1. The Bertz CT molecular complexity index is 583. The number of amides is 1. The second-order valence-electron chi connectivity index (χ2n) is 4.82. The molecule has 2 N–H and O–H groups in total. The molecule has 0 aliphatic rings. The Balaban J connectivity index is 0.00000242.